The van der Waals surface area contributed by atoms with Crippen molar-refractivity contribution in [3.05, 3.63) is 0 Å². The van der Waals surface area contributed by atoms with E-state index in [0.717, 1.165) is 0 Å². The van der Waals surface area contributed by atoms with Gasteiger partial charge in [-0.25, -0.2) is 0 Å². The van der Waals surface area contributed by atoms with Crippen molar-refractivity contribution in [2.45, 2.75) is 50.6 Å². The largest absolute Gasteiger partial charge is 1.00 e. The van der Waals surface area contributed by atoms with E-state index in [4.69, 9.17) is 20.1 Å². The Bertz CT molecular complexity index is 226. The molecule has 0 aliphatic carbocycles. The average Bonchev–Trinajstić information content (AvgIpc) is 2.43. The van der Waals surface area contributed by atoms with E-state index >= 15 is 0 Å². The summed E-state index contributed by atoms with van der Waals surface area (Å²) < 4.78 is 4.84. The monoisotopic (exact) mass is 511 g/mol. The fourth-order valence-electron chi connectivity index (χ4n) is 1.82. The van der Waals surface area contributed by atoms with E-state index in [1.54, 1.807) is 0 Å². The SMILES string of the molecule is CC[PH+](CC)CC.OCC1O[C@@H]([S-])C(O)[C@@H](O)[C@@H]1O.[Au+]. The third kappa shape index (κ3) is 7.54. The van der Waals surface area contributed by atoms with Crippen LogP contribution in [0.1, 0.15) is 20.8 Å². The molecule has 0 aromatic carbocycles. The Morgan fingerprint density at radius 2 is 1.40 bits per heavy atom. The van der Waals surface area contributed by atoms with Gasteiger partial charge in [0.2, 0.25) is 0 Å². The minimum absolute atomic E-state index is 0. The molecule has 1 fully saturated rings. The Labute approximate surface area is 143 Å². The standard InChI is InChI=1S/C6H12O5S.C6H15P.Au/c7-1-2-3(8)4(9)5(10)6(12)11-2;1-4-7(5-2)6-3;/h2-10,12H,1H2;4-6H2,1-3H3;/q;;+1/t2?,3-,4+,5?,6+;;/m1../s1. The van der Waals surface area contributed by atoms with Gasteiger partial charge in [-0.15, -0.1) is 0 Å². The van der Waals surface area contributed by atoms with Gasteiger partial charge in [0.1, 0.15) is 18.3 Å². The van der Waals surface area contributed by atoms with Gasteiger partial charge in [-0.1, -0.05) is 0 Å². The topological polar surface area (TPSA) is 90.2 Å². The zero-order valence-corrected chi connectivity index (χ0v) is 16.1. The number of hydrogen-bond acceptors (Lipinski definition) is 6. The molecular formula is C12H27AuO5PS+. The van der Waals surface area contributed by atoms with Gasteiger partial charge < -0.3 is 37.8 Å². The first-order chi connectivity index (χ1) is 8.92. The molecule has 0 saturated carbocycles. The predicted molar refractivity (Wildman–Crippen MR) is 81.1 cm³/mol. The molecule has 5 nitrogen and oxygen atoms in total. The van der Waals surface area contributed by atoms with Crippen LogP contribution in [0.2, 0.25) is 0 Å². The van der Waals surface area contributed by atoms with Crippen LogP contribution < -0.4 is 0 Å². The number of aliphatic hydroxyl groups is 4. The molecule has 4 N–H and O–H groups in total. The minimum Gasteiger partial charge on any atom is -0.759 e. The van der Waals surface area contributed by atoms with E-state index in [1.807, 2.05) is 0 Å². The van der Waals surface area contributed by atoms with E-state index < -0.39 is 36.5 Å². The molecule has 0 radical (unpaired) electrons. The summed E-state index contributed by atoms with van der Waals surface area (Å²) >= 11 is 4.63. The smallest absolute Gasteiger partial charge is 0.759 e. The second-order valence-corrected chi connectivity index (χ2v) is 8.59. The summed E-state index contributed by atoms with van der Waals surface area (Å²) in [5.41, 5.74) is -0.986. The molecule has 8 heteroatoms. The molecule has 1 aliphatic heterocycles. The van der Waals surface area contributed by atoms with Gasteiger partial charge in [-0.3, -0.25) is 0 Å². The number of rotatable bonds is 4. The van der Waals surface area contributed by atoms with Gasteiger partial charge in [0, 0.05) is 0 Å². The van der Waals surface area contributed by atoms with Crippen LogP contribution in [0.4, 0.5) is 0 Å². The molecular weight excluding hydrogens is 484 g/mol. The summed E-state index contributed by atoms with van der Waals surface area (Å²) in [6.45, 7) is 6.49. The maximum Gasteiger partial charge on any atom is 1.00 e. The van der Waals surface area contributed by atoms with Crippen molar-refractivity contribution in [3.8, 4) is 0 Å². The maximum atomic E-state index is 9.18. The van der Waals surface area contributed by atoms with Crippen molar-refractivity contribution in [1.82, 2.24) is 0 Å². The molecule has 1 rings (SSSR count). The van der Waals surface area contributed by atoms with E-state index in [0.29, 0.717) is 0 Å². The second kappa shape index (κ2) is 12.8. The zero-order valence-electron chi connectivity index (χ0n) is 12.1. The Morgan fingerprint density at radius 1 is 0.950 bits per heavy atom. The average molecular weight is 511 g/mol. The van der Waals surface area contributed by atoms with Gasteiger partial charge in [-0.05, 0) is 34.1 Å². The summed E-state index contributed by atoms with van der Waals surface area (Å²) in [6.07, 6.45) is -0.459. The summed E-state index contributed by atoms with van der Waals surface area (Å²) in [4.78, 5) is 0. The molecule has 1 saturated heterocycles. The van der Waals surface area contributed by atoms with Crippen LogP contribution in [0.5, 0.6) is 0 Å². The zero-order chi connectivity index (χ0) is 15.0. The van der Waals surface area contributed by atoms with Crippen LogP contribution in [0.25, 0.3) is 0 Å². The second-order valence-electron chi connectivity index (χ2n) is 4.51. The molecule has 5 atom stereocenters. The van der Waals surface area contributed by atoms with Gasteiger partial charge in [0.05, 0.1) is 31.2 Å². The van der Waals surface area contributed by atoms with E-state index in [2.05, 4.69) is 33.4 Å². The molecule has 0 aromatic heterocycles. The van der Waals surface area contributed by atoms with Gasteiger partial charge in [0.25, 0.3) is 0 Å². The Morgan fingerprint density at radius 3 is 1.70 bits per heavy atom. The van der Waals surface area contributed by atoms with Gasteiger partial charge in [0.15, 0.2) is 0 Å². The normalized spacial score (nSPS) is 33.1. The van der Waals surface area contributed by atoms with E-state index in [9.17, 15) is 5.11 Å². The molecule has 1 aliphatic rings. The van der Waals surface area contributed by atoms with Gasteiger partial charge in [-0.2, -0.15) is 0 Å². The Kier molecular flexibility index (Phi) is 15.1. The van der Waals surface area contributed by atoms with Crippen molar-refractivity contribution < 1.29 is 47.5 Å². The van der Waals surface area contributed by atoms with Crippen molar-refractivity contribution in [2.75, 3.05) is 25.1 Å². The molecule has 2 unspecified atom stereocenters. The summed E-state index contributed by atoms with van der Waals surface area (Å²) in [5.74, 6) is 0. The van der Waals surface area contributed by atoms with Crippen molar-refractivity contribution >= 4 is 20.6 Å². The minimum atomic E-state index is -1.35. The first kappa shape index (κ1) is 23.6. The molecule has 0 bridgehead atoms. The first-order valence-electron chi connectivity index (χ1n) is 6.72. The number of hydrogen-bond donors (Lipinski definition) is 4. The predicted octanol–water partition coefficient (Wildman–Crippen LogP) is -0.409. The summed E-state index contributed by atoms with van der Waals surface area (Å²) in [7, 11) is 0.137. The van der Waals surface area contributed by atoms with Crippen LogP contribution >= 0.6 is 7.92 Å². The van der Waals surface area contributed by atoms with Crippen LogP contribution in [0.3, 0.4) is 0 Å². The van der Waals surface area contributed by atoms with Crippen LogP contribution in [-0.2, 0) is 39.7 Å². The molecule has 0 aromatic rings. The molecule has 20 heavy (non-hydrogen) atoms. The van der Waals surface area contributed by atoms with Crippen LogP contribution in [0.15, 0.2) is 0 Å². The van der Waals surface area contributed by atoms with Crippen molar-refractivity contribution in [3.63, 3.8) is 0 Å². The van der Waals surface area contributed by atoms with Crippen molar-refractivity contribution in [2.24, 2.45) is 0 Å². The quantitative estimate of drug-likeness (QED) is 0.233. The molecule has 126 valence electrons. The maximum absolute atomic E-state index is 9.18. The number of ether oxygens (including phenoxy) is 1. The van der Waals surface area contributed by atoms with Gasteiger partial charge >= 0.3 is 22.4 Å². The fourth-order valence-corrected chi connectivity index (χ4v) is 3.62. The fraction of sp³-hybridized carbons (Fsp3) is 1.00. The van der Waals surface area contributed by atoms with Crippen LogP contribution in [0, 0.1) is 0 Å². The van der Waals surface area contributed by atoms with E-state index in [1.165, 1.54) is 18.5 Å². The molecule has 0 amide bonds. The van der Waals surface area contributed by atoms with Crippen molar-refractivity contribution in [1.29, 1.82) is 0 Å². The third-order valence-corrected chi connectivity index (χ3v) is 6.74. The Balaban J connectivity index is 0. The molecule has 0 spiro atoms. The number of aliphatic hydroxyl groups excluding tert-OH is 4. The third-order valence-electron chi connectivity index (χ3n) is 3.35. The van der Waals surface area contributed by atoms with Crippen LogP contribution in [-0.4, -0.2) is 75.4 Å². The molecule has 1 heterocycles. The Hall–Kier alpha value is 1.32. The summed E-state index contributed by atoms with van der Waals surface area (Å²) in [6, 6.07) is 0. The van der Waals surface area contributed by atoms with E-state index in [-0.39, 0.29) is 30.3 Å². The first-order valence-corrected chi connectivity index (χ1v) is 9.31. The summed E-state index contributed by atoms with van der Waals surface area (Å²) in [5, 5.41) is 36.1.